The summed E-state index contributed by atoms with van der Waals surface area (Å²) in [5, 5.41) is 23.7. The van der Waals surface area contributed by atoms with Gasteiger partial charge in [-0.15, -0.1) is 0 Å². The minimum atomic E-state index is -1.29. The second-order valence-electron chi connectivity index (χ2n) is 7.44. The van der Waals surface area contributed by atoms with Crippen molar-refractivity contribution < 1.29 is 34.1 Å². The van der Waals surface area contributed by atoms with Gasteiger partial charge in [-0.05, 0) is 17.9 Å². The number of hydrogen-bond acceptors (Lipinski definition) is 7. The van der Waals surface area contributed by atoms with Crippen molar-refractivity contribution in [1.82, 2.24) is 10.6 Å². The third-order valence-electron chi connectivity index (χ3n) is 4.54. The number of Topliss-reactive ketones (excluding diaryl/α,β-unsaturated/α-hetero) is 1. The molecule has 1 aromatic carbocycles. The second-order valence-corrected chi connectivity index (χ2v) is 7.44. The van der Waals surface area contributed by atoms with E-state index in [1.54, 1.807) is 24.3 Å². The molecule has 0 bridgehead atoms. The molecule has 1 saturated heterocycles. The van der Waals surface area contributed by atoms with E-state index in [9.17, 15) is 24.6 Å². The number of rotatable bonds is 11. The zero-order valence-corrected chi connectivity index (χ0v) is 16.6. The Morgan fingerprint density at radius 3 is 2.31 bits per heavy atom. The molecule has 2 amide bonds. The van der Waals surface area contributed by atoms with Crippen LogP contribution in [0.25, 0.3) is 0 Å². The smallest absolute Gasteiger partial charge is 0.408 e. The minimum Gasteiger partial charge on any atom is -0.445 e. The van der Waals surface area contributed by atoms with Crippen molar-refractivity contribution in [1.29, 1.82) is 0 Å². The molecule has 0 aliphatic carbocycles. The van der Waals surface area contributed by atoms with Gasteiger partial charge in [-0.1, -0.05) is 44.2 Å². The van der Waals surface area contributed by atoms with Gasteiger partial charge in [-0.2, -0.15) is 0 Å². The fourth-order valence-electron chi connectivity index (χ4n) is 2.79. The van der Waals surface area contributed by atoms with E-state index >= 15 is 0 Å². The first-order valence-corrected chi connectivity index (χ1v) is 9.49. The molecule has 0 spiro atoms. The zero-order valence-electron chi connectivity index (χ0n) is 16.6. The lowest BCUT2D eigenvalue weighted by atomic mass is 9.92. The Balaban J connectivity index is 1.93. The van der Waals surface area contributed by atoms with Crippen molar-refractivity contribution in [2.75, 3.05) is 19.8 Å². The Bertz CT molecular complexity index is 704. The number of benzene rings is 1. The van der Waals surface area contributed by atoms with E-state index in [1.165, 1.54) is 0 Å². The van der Waals surface area contributed by atoms with Gasteiger partial charge in [0.15, 0.2) is 11.4 Å². The SMILES string of the molecule is CC(C)CC(NC(=O)C(CO)NC(=O)OCc1ccccc1)C(=O)C1(CO)CO1. The van der Waals surface area contributed by atoms with Crippen molar-refractivity contribution >= 4 is 17.8 Å². The normalized spacial score (nSPS) is 19.9. The summed E-state index contributed by atoms with van der Waals surface area (Å²) < 4.78 is 10.1. The first-order valence-electron chi connectivity index (χ1n) is 9.49. The minimum absolute atomic E-state index is 0.0112. The van der Waals surface area contributed by atoms with Gasteiger partial charge in [0.1, 0.15) is 12.6 Å². The third-order valence-corrected chi connectivity index (χ3v) is 4.54. The molecule has 3 unspecified atom stereocenters. The predicted octanol–water partition coefficient (Wildman–Crippen LogP) is 0.135. The molecule has 1 fully saturated rings. The summed E-state index contributed by atoms with van der Waals surface area (Å²) in [6.45, 7) is 2.74. The van der Waals surface area contributed by atoms with Crippen LogP contribution in [-0.2, 0) is 25.7 Å². The number of aliphatic hydroxyl groups is 2. The van der Waals surface area contributed by atoms with Crippen molar-refractivity contribution in [3.63, 3.8) is 0 Å². The van der Waals surface area contributed by atoms with E-state index in [2.05, 4.69) is 10.6 Å². The molecule has 0 radical (unpaired) electrons. The van der Waals surface area contributed by atoms with Crippen molar-refractivity contribution in [2.45, 2.75) is 44.6 Å². The van der Waals surface area contributed by atoms with E-state index in [1.807, 2.05) is 19.9 Å². The Hall–Kier alpha value is -2.49. The zero-order chi connectivity index (χ0) is 21.4. The standard InChI is InChI=1S/C20H28N2O7/c1-13(2)8-15(17(25)20(11-24)12-29-20)21-18(26)16(9-23)22-19(27)28-10-14-6-4-3-5-7-14/h3-7,13,15-16,23-24H,8-12H2,1-2H3,(H,21,26)(H,22,27). The highest BCUT2D eigenvalue weighted by Crippen LogP contribution is 2.30. The molecule has 29 heavy (non-hydrogen) atoms. The predicted molar refractivity (Wildman–Crippen MR) is 103 cm³/mol. The summed E-state index contributed by atoms with van der Waals surface area (Å²) >= 11 is 0. The summed E-state index contributed by atoms with van der Waals surface area (Å²) in [4.78, 5) is 37.1. The number of ketones is 1. The molecule has 1 aliphatic rings. The van der Waals surface area contributed by atoms with E-state index in [0.29, 0.717) is 6.42 Å². The lowest BCUT2D eigenvalue weighted by Gasteiger charge is -2.24. The maximum atomic E-state index is 12.6. The van der Waals surface area contributed by atoms with Gasteiger partial charge < -0.3 is 30.3 Å². The lowest BCUT2D eigenvalue weighted by Crippen LogP contribution is -2.55. The van der Waals surface area contributed by atoms with Crippen molar-refractivity contribution in [3.05, 3.63) is 35.9 Å². The van der Waals surface area contributed by atoms with Gasteiger partial charge in [0.05, 0.1) is 25.9 Å². The van der Waals surface area contributed by atoms with Crippen LogP contribution in [0.5, 0.6) is 0 Å². The van der Waals surface area contributed by atoms with Gasteiger partial charge in [-0.3, -0.25) is 9.59 Å². The molecule has 1 aromatic rings. The van der Waals surface area contributed by atoms with Gasteiger partial charge in [0.25, 0.3) is 0 Å². The number of carbonyl (C=O) groups is 3. The van der Waals surface area contributed by atoms with Crippen LogP contribution in [0.3, 0.4) is 0 Å². The summed E-state index contributed by atoms with van der Waals surface area (Å²) in [6, 6.07) is 6.80. The van der Waals surface area contributed by atoms with Crippen LogP contribution in [0.2, 0.25) is 0 Å². The number of hydrogen-bond donors (Lipinski definition) is 4. The molecule has 1 heterocycles. The molecule has 160 valence electrons. The number of amides is 2. The Labute approximate surface area is 169 Å². The Morgan fingerprint density at radius 2 is 1.79 bits per heavy atom. The van der Waals surface area contributed by atoms with Crippen LogP contribution >= 0.6 is 0 Å². The van der Waals surface area contributed by atoms with Crippen LogP contribution in [0.1, 0.15) is 25.8 Å². The first kappa shape index (κ1) is 22.8. The fraction of sp³-hybridized carbons (Fsp3) is 0.550. The lowest BCUT2D eigenvalue weighted by molar-refractivity contribution is -0.133. The number of carbonyl (C=O) groups excluding carboxylic acids is 3. The molecule has 4 N–H and O–H groups in total. The largest absolute Gasteiger partial charge is 0.445 e. The molecular weight excluding hydrogens is 380 g/mol. The number of epoxide rings is 1. The highest BCUT2D eigenvalue weighted by atomic mass is 16.6. The van der Waals surface area contributed by atoms with Crippen LogP contribution in [0.4, 0.5) is 4.79 Å². The summed E-state index contributed by atoms with van der Waals surface area (Å²) in [5.74, 6) is -1.07. The van der Waals surface area contributed by atoms with Gasteiger partial charge >= 0.3 is 6.09 Å². The molecule has 9 nitrogen and oxygen atoms in total. The number of nitrogens with one attached hydrogen (secondary N) is 2. The first-order chi connectivity index (χ1) is 13.8. The van der Waals surface area contributed by atoms with Crippen LogP contribution < -0.4 is 10.6 Å². The van der Waals surface area contributed by atoms with Crippen molar-refractivity contribution in [3.8, 4) is 0 Å². The third kappa shape index (κ3) is 6.52. The monoisotopic (exact) mass is 408 g/mol. The second kappa shape index (κ2) is 10.3. The van der Waals surface area contributed by atoms with Crippen molar-refractivity contribution in [2.24, 2.45) is 5.92 Å². The summed E-state index contributed by atoms with van der Waals surface area (Å²) in [7, 11) is 0. The fourth-order valence-corrected chi connectivity index (χ4v) is 2.79. The Morgan fingerprint density at radius 1 is 1.14 bits per heavy atom. The van der Waals surface area contributed by atoms with Gasteiger partial charge in [0.2, 0.25) is 5.91 Å². The highest BCUT2D eigenvalue weighted by molar-refractivity contribution is 5.98. The van der Waals surface area contributed by atoms with E-state index in [4.69, 9.17) is 9.47 Å². The maximum Gasteiger partial charge on any atom is 0.408 e. The molecule has 1 aliphatic heterocycles. The summed E-state index contributed by atoms with van der Waals surface area (Å²) in [5.41, 5.74) is -0.502. The van der Waals surface area contributed by atoms with Crippen LogP contribution in [0, 0.1) is 5.92 Å². The molecule has 3 atom stereocenters. The van der Waals surface area contributed by atoms with Crippen LogP contribution in [0.15, 0.2) is 30.3 Å². The Kier molecular flexibility index (Phi) is 8.12. The molecule has 0 aromatic heterocycles. The average Bonchev–Trinajstić information content (AvgIpc) is 3.51. The highest BCUT2D eigenvalue weighted by Gasteiger charge is 2.54. The number of aliphatic hydroxyl groups excluding tert-OH is 2. The van der Waals surface area contributed by atoms with E-state index < -0.39 is 48.7 Å². The molecule has 0 saturated carbocycles. The van der Waals surface area contributed by atoms with Gasteiger partial charge in [-0.25, -0.2) is 4.79 Å². The van der Waals surface area contributed by atoms with E-state index in [-0.39, 0.29) is 19.1 Å². The summed E-state index contributed by atoms with van der Waals surface area (Å²) in [6.07, 6.45) is -0.543. The topological polar surface area (TPSA) is 137 Å². The molecule has 2 rings (SSSR count). The number of ether oxygens (including phenoxy) is 2. The quantitative estimate of drug-likeness (QED) is 0.382. The average molecular weight is 408 g/mol. The molecular formula is C20H28N2O7. The van der Waals surface area contributed by atoms with Gasteiger partial charge in [0, 0.05) is 0 Å². The molecule has 9 heteroatoms. The van der Waals surface area contributed by atoms with E-state index in [0.717, 1.165) is 5.56 Å². The number of alkyl carbamates (subject to hydrolysis) is 1. The maximum absolute atomic E-state index is 12.6. The van der Waals surface area contributed by atoms with Crippen LogP contribution in [-0.4, -0.2) is 65.5 Å².